The van der Waals surface area contributed by atoms with Gasteiger partial charge in [0.1, 0.15) is 27.2 Å². The summed E-state index contributed by atoms with van der Waals surface area (Å²) in [6, 6.07) is -0.910. The first-order valence-electron chi connectivity index (χ1n) is 4.06. The molecule has 0 spiro atoms. The van der Waals surface area contributed by atoms with E-state index in [1.165, 1.54) is 21.9 Å². The van der Waals surface area contributed by atoms with Crippen molar-refractivity contribution in [1.29, 1.82) is 0 Å². The van der Waals surface area contributed by atoms with Crippen molar-refractivity contribution in [1.82, 2.24) is 0 Å². The molecule has 0 saturated heterocycles. The summed E-state index contributed by atoms with van der Waals surface area (Å²) in [6.07, 6.45) is -1.29. The van der Waals surface area contributed by atoms with E-state index in [0.717, 1.165) is 0 Å². The zero-order chi connectivity index (χ0) is 10.5. The molecule has 13 heavy (non-hydrogen) atoms. The minimum absolute atomic E-state index is 0.416. The molecule has 0 rings (SSSR count). The van der Waals surface area contributed by atoms with Crippen molar-refractivity contribution in [3.63, 3.8) is 0 Å². The van der Waals surface area contributed by atoms with Crippen LogP contribution in [0.2, 0.25) is 0 Å². The van der Waals surface area contributed by atoms with Gasteiger partial charge in [0.2, 0.25) is 0 Å². The number of alkyl halides is 2. The number of ether oxygens (including phenoxy) is 2. The molecule has 3 atom stereocenters. The van der Waals surface area contributed by atoms with Crippen molar-refractivity contribution in [2.75, 3.05) is 20.3 Å². The maximum Gasteiger partial charge on any atom is 0.255 e. The molecule has 6 heteroatoms. The summed E-state index contributed by atoms with van der Waals surface area (Å²) in [5.41, 5.74) is 0. The van der Waals surface area contributed by atoms with Crippen LogP contribution in [0.4, 0.5) is 8.78 Å². The summed E-state index contributed by atoms with van der Waals surface area (Å²) >= 11 is 0. The number of halogens is 2. The van der Waals surface area contributed by atoms with Gasteiger partial charge in [-0.05, 0) is 6.92 Å². The molecular formula is C7H15BF2O3. The second kappa shape index (κ2) is 5.52. The number of rotatable bonds is 6. The Hall–Kier alpha value is -0.195. The minimum atomic E-state index is -2.31. The summed E-state index contributed by atoms with van der Waals surface area (Å²) in [4.78, 5) is 0. The summed E-state index contributed by atoms with van der Waals surface area (Å²) in [5, 5.41) is 8.64. The smallest absolute Gasteiger partial charge is 0.255 e. The molecule has 0 heterocycles. The van der Waals surface area contributed by atoms with E-state index in [1.807, 2.05) is 0 Å². The van der Waals surface area contributed by atoms with Crippen molar-refractivity contribution in [2.45, 2.75) is 25.0 Å². The molecule has 0 radical (unpaired) electrons. The summed E-state index contributed by atoms with van der Waals surface area (Å²) < 4.78 is 35.1. The average molecular weight is 196 g/mol. The van der Waals surface area contributed by atoms with Gasteiger partial charge in [-0.1, -0.05) is 0 Å². The van der Waals surface area contributed by atoms with Crippen molar-refractivity contribution < 1.29 is 23.4 Å². The molecule has 0 bridgehead atoms. The standard InChI is InChI=1S/C7H15BF2O3/c1-5(9)6(8)13-7(10,3-11)4-12-2/h5-6,11H,3-4,8H2,1-2H3/t5-,6?,7?/m1/s1. The van der Waals surface area contributed by atoms with Crippen LogP contribution >= 0.6 is 0 Å². The summed E-state index contributed by atoms with van der Waals surface area (Å²) in [6.45, 7) is -0.00623. The fourth-order valence-electron chi connectivity index (χ4n) is 0.759. The first kappa shape index (κ1) is 12.8. The summed E-state index contributed by atoms with van der Waals surface area (Å²) in [5.74, 6) is -2.31. The van der Waals surface area contributed by atoms with Gasteiger partial charge in [-0.25, -0.2) is 8.78 Å². The highest BCUT2D eigenvalue weighted by Crippen LogP contribution is 2.16. The lowest BCUT2D eigenvalue weighted by molar-refractivity contribution is -0.214. The predicted octanol–water partition coefficient (Wildman–Crippen LogP) is -0.375. The van der Waals surface area contributed by atoms with Crippen LogP contribution in [0, 0.1) is 0 Å². The molecule has 0 saturated carbocycles. The zero-order valence-electron chi connectivity index (χ0n) is 8.09. The maximum absolute atomic E-state index is 13.4. The van der Waals surface area contributed by atoms with Gasteiger partial charge in [-0.3, -0.25) is 0 Å². The number of aliphatic hydroxyl groups excluding tert-OH is 1. The Bertz CT molecular complexity index is 148. The highest BCUT2D eigenvalue weighted by molar-refractivity contribution is 6.11. The number of aliphatic hydroxyl groups is 1. The lowest BCUT2D eigenvalue weighted by atomic mass is 9.96. The fraction of sp³-hybridized carbons (Fsp3) is 1.00. The Kier molecular flexibility index (Phi) is 5.43. The van der Waals surface area contributed by atoms with Crippen LogP contribution in [0.25, 0.3) is 0 Å². The number of methoxy groups -OCH3 is 1. The molecule has 1 N–H and O–H groups in total. The van der Waals surface area contributed by atoms with Gasteiger partial charge in [-0.2, -0.15) is 0 Å². The van der Waals surface area contributed by atoms with Crippen molar-refractivity contribution >= 4 is 7.85 Å². The van der Waals surface area contributed by atoms with Gasteiger partial charge in [0.15, 0.2) is 0 Å². The molecular weight excluding hydrogens is 181 g/mol. The Morgan fingerprint density at radius 1 is 1.62 bits per heavy atom. The first-order chi connectivity index (χ1) is 5.95. The first-order valence-corrected chi connectivity index (χ1v) is 4.06. The van der Waals surface area contributed by atoms with Crippen LogP contribution in [-0.2, 0) is 9.47 Å². The van der Waals surface area contributed by atoms with E-state index >= 15 is 0 Å². The van der Waals surface area contributed by atoms with Crippen LogP contribution in [0.1, 0.15) is 6.92 Å². The third kappa shape index (κ3) is 4.54. The SMILES string of the molecule is BC(OC(F)(CO)COC)[C@@H](C)F. The summed E-state index contributed by atoms with van der Waals surface area (Å²) in [7, 11) is 2.67. The normalized spacial score (nSPS) is 20.7. The number of hydrogen-bond acceptors (Lipinski definition) is 3. The van der Waals surface area contributed by atoms with Gasteiger partial charge >= 0.3 is 0 Å². The minimum Gasteiger partial charge on any atom is -0.390 e. The van der Waals surface area contributed by atoms with E-state index < -0.39 is 31.2 Å². The molecule has 78 valence electrons. The van der Waals surface area contributed by atoms with E-state index in [9.17, 15) is 8.78 Å². The van der Waals surface area contributed by atoms with Gasteiger partial charge in [0.25, 0.3) is 5.85 Å². The molecule has 0 aromatic heterocycles. The van der Waals surface area contributed by atoms with Crippen LogP contribution in [-0.4, -0.2) is 51.3 Å². The highest BCUT2D eigenvalue weighted by atomic mass is 19.2. The third-order valence-corrected chi connectivity index (χ3v) is 1.64. The lowest BCUT2D eigenvalue weighted by Crippen LogP contribution is -2.42. The van der Waals surface area contributed by atoms with Gasteiger partial charge < -0.3 is 14.6 Å². The average Bonchev–Trinajstić information content (AvgIpc) is 2.04. The van der Waals surface area contributed by atoms with E-state index in [4.69, 9.17) is 5.11 Å². The second-order valence-corrected chi connectivity index (χ2v) is 2.97. The van der Waals surface area contributed by atoms with Crippen LogP contribution < -0.4 is 0 Å². The zero-order valence-corrected chi connectivity index (χ0v) is 8.09. The maximum atomic E-state index is 13.4. The third-order valence-electron chi connectivity index (χ3n) is 1.64. The van der Waals surface area contributed by atoms with Crippen molar-refractivity contribution in [3.05, 3.63) is 0 Å². The molecule has 0 amide bonds. The van der Waals surface area contributed by atoms with Gasteiger partial charge in [0.05, 0.1) is 6.00 Å². The van der Waals surface area contributed by atoms with E-state index in [2.05, 4.69) is 9.47 Å². The van der Waals surface area contributed by atoms with E-state index in [0.29, 0.717) is 0 Å². The van der Waals surface area contributed by atoms with E-state index in [-0.39, 0.29) is 0 Å². The second-order valence-electron chi connectivity index (χ2n) is 2.97. The van der Waals surface area contributed by atoms with Gasteiger partial charge in [0, 0.05) is 7.11 Å². The van der Waals surface area contributed by atoms with E-state index in [1.54, 1.807) is 0 Å². The lowest BCUT2D eigenvalue weighted by Gasteiger charge is -2.27. The molecule has 2 unspecified atom stereocenters. The number of hydrogen-bond donors (Lipinski definition) is 1. The topological polar surface area (TPSA) is 38.7 Å². The Morgan fingerprint density at radius 3 is 2.46 bits per heavy atom. The Balaban J connectivity index is 4.09. The molecule has 0 aliphatic carbocycles. The van der Waals surface area contributed by atoms with Crippen LogP contribution in [0.15, 0.2) is 0 Å². The van der Waals surface area contributed by atoms with Crippen LogP contribution in [0.3, 0.4) is 0 Å². The fourth-order valence-corrected chi connectivity index (χ4v) is 0.759. The molecule has 0 fully saturated rings. The Labute approximate surface area is 77.4 Å². The molecule has 0 aliphatic heterocycles. The monoisotopic (exact) mass is 196 g/mol. The van der Waals surface area contributed by atoms with Crippen LogP contribution in [0.5, 0.6) is 0 Å². The molecule has 0 aromatic rings. The molecule has 3 nitrogen and oxygen atoms in total. The molecule has 0 aromatic carbocycles. The predicted molar refractivity (Wildman–Crippen MR) is 46.8 cm³/mol. The molecule has 0 aliphatic rings. The van der Waals surface area contributed by atoms with Crippen molar-refractivity contribution in [2.24, 2.45) is 0 Å². The quantitative estimate of drug-likeness (QED) is 0.588. The van der Waals surface area contributed by atoms with Gasteiger partial charge in [-0.15, -0.1) is 0 Å². The largest absolute Gasteiger partial charge is 0.390 e. The van der Waals surface area contributed by atoms with Crippen molar-refractivity contribution in [3.8, 4) is 0 Å². The highest BCUT2D eigenvalue weighted by Gasteiger charge is 2.33. The Morgan fingerprint density at radius 2 is 2.15 bits per heavy atom.